The van der Waals surface area contributed by atoms with Crippen LogP contribution in [0.1, 0.15) is 0 Å². The van der Waals surface area contributed by atoms with Gasteiger partial charge in [0.05, 0.1) is 21.7 Å². The summed E-state index contributed by atoms with van der Waals surface area (Å²) in [4.78, 5) is 0. The zero-order valence-corrected chi connectivity index (χ0v) is 12.0. The van der Waals surface area contributed by atoms with Gasteiger partial charge in [-0.05, 0) is 12.1 Å². The maximum atomic E-state index is 11.7. The lowest BCUT2D eigenvalue weighted by Crippen LogP contribution is -2.32. The van der Waals surface area contributed by atoms with Crippen LogP contribution in [0.25, 0.3) is 0 Å². The topological polar surface area (TPSA) is 46.2 Å². The van der Waals surface area contributed by atoms with Crippen molar-refractivity contribution in [3.63, 3.8) is 0 Å². The Bertz CT molecular complexity index is 570. The van der Waals surface area contributed by atoms with Crippen molar-refractivity contribution in [3.05, 3.63) is 30.3 Å². The van der Waals surface area contributed by atoms with E-state index in [1.165, 1.54) is 0 Å². The van der Waals surface area contributed by atoms with Crippen molar-refractivity contribution in [3.8, 4) is 0 Å². The SMILES string of the molecule is O=S1(=O)C[C@@H]2[C@@H](C1)SC(=S)[C@@H]2Nc1ccccc1. The molecule has 0 spiro atoms. The van der Waals surface area contributed by atoms with Crippen LogP contribution < -0.4 is 5.32 Å². The standard InChI is InChI=1S/C12H13NO2S3/c14-18(15)6-9-10(7-18)17-12(16)11(9)13-8-4-2-1-3-5-8/h1-5,9-11,13H,6-7H2/t9-,10-,11-/m1/s1. The molecule has 0 bridgehead atoms. The Kier molecular flexibility index (Phi) is 3.11. The van der Waals surface area contributed by atoms with Gasteiger partial charge in [0, 0.05) is 16.9 Å². The van der Waals surface area contributed by atoms with Crippen molar-refractivity contribution >= 4 is 43.7 Å². The molecule has 2 aliphatic heterocycles. The van der Waals surface area contributed by atoms with Crippen LogP contribution in [-0.4, -0.2) is 35.4 Å². The maximum Gasteiger partial charge on any atom is 0.151 e. The monoisotopic (exact) mass is 299 g/mol. The summed E-state index contributed by atoms with van der Waals surface area (Å²) in [6.45, 7) is 0. The molecule has 2 saturated heterocycles. The molecule has 0 unspecified atom stereocenters. The first-order chi connectivity index (χ1) is 8.55. The Morgan fingerprint density at radius 1 is 1.22 bits per heavy atom. The summed E-state index contributed by atoms with van der Waals surface area (Å²) in [7, 11) is -2.87. The highest BCUT2D eigenvalue weighted by molar-refractivity contribution is 8.24. The van der Waals surface area contributed by atoms with Gasteiger partial charge in [-0.15, -0.1) is 11.8 Å². The lowest BCUT2D eigenvalue weighted by Gasteiger charge is -2.19. The van der Waals surface area contributed by atoms with Crippen molar-refractivity contribution in [1.82, 2.24) is 0 Å². The lowest BCUT2D eigenvalue weighted by atomic mass is 10.0. The molecule has 0 amide bonds. The first kappa shape index (κ1) is 12.4. The van der Waals surface area contributed by atoms with E-state index in [4.69, 9.17) is 12.2 Å². The number of nitrogens with one attached hydrogen (secondary N) is 1. The molecule has 3 atom stereocenters. The smallest absolute Gasteiger partial charge is 0.151 e. The molecule has 0 saturated carbocycles. The molecule has 0 radical (unpaired) electrons. The van der Waals surface area contributed by atoms with Gasteiger partial charge < -0.3 is 5.32 Å². The van der Waals surface area contributed by atoms with Gasteiger partial charge >= 0.3 is 0 Å². The number of fused-ring (bicyclic) bond motifs is 1. The second-order valence-corrected chi connectivity index (χ2v) is 8.84. The normalized spacial score (nSPS) is 33.3. The van der Waals surface area contributed by atoms with Gasteiger partial charge in [-0.2, -0.15) is 0 Å². The molecule has 0 aliphatic carbocycles. The molecule has 18 heavy (non-hydrogen) atoms. The van der Waals surface area contributed by atoms with Crippen LogP contribution >= 0.6 is 24.0 Å². The fourth-order valence-corrected chi connectivity index (χ4v) is 7.17. The van der Waals surface area contributed by atoms with Gasteiger partial charge in [0.15, 0.2) is 9.84 Å². The number of anilines is 1. The molecule has 96 valence electrons. The Balaban J connectivity index is 1.82. The van der Waals surface area contributed by atoms with Crippen LogP contribution in [0.3, 0.4) is 0 Å². The minimum absolute atomic E-state index is 0.00493. The van der Waals surface area contributed by atoms with Crippen molar-refractivity contribution in [2.45, 2.75) is 11.3 Å². The minimum atomic E-state index is -2.87. The van der Waals surface area contributed by atoms with E-state index in [2.05, 4.69) is 5.32 Å². The first-order valence-corrected chi connectivity index (χ1v) is 8.89. The molecular weight excluding hydrogens is 286 g/mol. The fraction of sp³-hybridized carbons (Fsp3) is 0.417. The van der Waals surface area contributed by atoms with Gasteiger partial charge in [-0.1, -0.05) is 30.4 Å². The van der Waals surface area contributed by atoms with Crippen LogP contribution in [0.15, 0.2) is 30.3 Å². The summed E-state index contributed by atoms with van der Waals surface area (Å²) in [5, 5.41) is 3.52. The number of hydrogen-bond acceptors (Lipinski definition) is 5. The number of benzene rings is 1. The van der Waals surface area contributed by atoms with E-state index in [0.717, 1.165) is 9.88 Å². The van der Waals surface area contributed by atoms with Crippen molar-refractivity contribution in [2.75, 3.05) is 16.8 Å². The molecule has 0 aromatic heterocycles. The quantitative estimate of drug-likeness (QED) is 0.846. The molecule has 2 heterocycles. The molecule has 2 aliphatic rings. The third-order valence-corrected chi connectivity index (χ3v) is 7.21. The van der Waals surface area contributed by atoms with Gasteiger partial charge in [-0.3, -0.25) is 0 Å². The Morgan fingerprint density at radius 2 is 1.94 bits per heavy atom. The Hall–Kier alpha value is -0.590. The van der Waals surface area contributed by atoms with E-state index in [1.807, 2.05) is 30.3 Å². The van der Waals surface area contributed by atoms with E-state index >= 15 is 0 Å². The number of sulfone groups is 1. The van der Waals surface area contributed by atoms with Crippen LogP contribution in [0.4, 0.5) is 5.69 Å². The second kappa shape index (κ2) is 4.51. The van der Waals surface area contributed by atoms with Crippen LogP contribution in [0.2, 0.25) is 0 Å². The number of thioether (sulfide) groups is 1. The highest BCUT2D eigenvalue weighted by Crippen LogP contribution is 2.42. The number of thiocarbonyl (C=S) groups is 1. The molecule has 1 N–H and O–H groups in total. The fourth-order valence-electron chi connectivity index (χ4n) is 2.55. The van der Waals surface area contributed by atoms with E-state index in [1.54, 1.807) is 11.8 Å². The van der Waals surface area contributed by atoms with Gasteiger partial charge in [0.2, 0.25) is 0 Å². The van der Waals surface area contributed by atoms with Gasteiger partial charge in [0.25, 0.3) is 0 Å². The predicted molar refractivity (Wildman–Crippen MR) is 80.0 cm³/mol. The van der Waals surface area contributed by atoms with Crippen molar-refractivity contribution in [1.29, 1.82) is 0 Å². The number of rotatable bonds is 2. The third-order valence-electron chi connectivity index (χ3n) is 3.39. The van der Waals surface area contributed by atoms with Crippen molar-refractivity contribution < 1.29 is 8.42 Å². The summed E-state index contributed by atoms with van der Waals surface area (Å²) >= 11 is 6.93. The molecule has 3 rings (SSSR count). The van der Waals surface area contributed by atoms with Crippen LogP contribution in [-0.2, 0) is 9.84 Å². The zero-order chi connectivity index (χ0) is 12.8. The Labute approximate surface area is 116 Å². The summed E-state index contributed by atoms with van der Waals surface area (Å²) in [6.07, 6.45) is 0. The summed E-state index contributed by atoms with van der Waals surface area (Å²) in [5.74, 6) is 0.651. The van der Waals surface area contributed by atoms with Gasteiger partial charge in [0.1, 0.15) is 0 Å². The number of hydrogen-bond donors (Lipinski definition) is 1. The van der Waals surface area contributed by atoms with E-state index in [-0.39, 0.29) is 28.7 Å². The minimum Gasteiger partial charge on any atom is -0.376 e. The Morgan fingerprint density at radius 3 is 2.67 bits per heavy atom. The molecule has 3 nitrogen and oxygen atoms in total. The number of para-hydroxylation sites is 1. The summed E-state index contributed by atoms with van der Waals surface area (Å²) in [5.41, 5.74) is 0.996. The summed E-state index contributed by atoms with van der Waals surface area (Å²) in [6, 6.07) is 9.81. The average Bonchev–Trinajstić information content (AvgIpc) is 2.74. The van der Waals surface area contributed by atoms with Gasteiger partial charge in [-0.25, -0.2) is 8.42 Å². The molecular formula is C12H13NO2S3. The van der Waals surface area contributed by atoms with E-state index in [9.17, 15) is 8.42 Å². The molecule has 1 aromatic carbocycles. The second-order valence-electron chi connectivity index (χ2n) is 4.70. The molecule has 6 heteroatoms. The van der Waals surface area contributed by atoms with Crippen LogP contribution in [0, 0.1) is 5.92 Å². The molecule has 1 aromatic rings. The largest absolute Gasteiger partial charge is 0.376 e. The third kappa shape index (κ3) is 2.29. The predicted octanol–water partition coefficient (Wildman–Crippen LogP) is 1.95. The lowest BCUT2D eigenvalue weighted by molar-refractivity contribution is 0.588. The zero-order valence-electron chi connectivity index (χ0n) is 9.57. The molecule has 2 fully saturated rings. The first-order valence-electron chi connectivity index (χ1n) is 5.78. The average molecular weight is 299 g/mol. The summed E-state index contributed by atoms with van der Waals surface area (Å²) < 4.78 is 24.2. The highest BCUT2D eigenvalue weighted by atomic mass is 32.2. The van der Waals surface area contributed by atoms with E-state index < -0.39 is 9.84 Å². The van der Waals surface area contributed by atoms with E-state index in [0.29, 0.717) is 0 Å². The van der Waals surface area contributed by atoms with Crippen molar-refractivity contribution in [2.24, 2.45) is 5.92 Å². The van der Waals surface area contributed by atoms with Crippen LogP contribution in [0.5, 0.6) is 0 Å². The highest BCUT2D eigenvalue weighted by Gasteiger charge is 2.49. The maximum absolute atomic E-state index is 11.7.